The Balaban J connectivity index is 1.70. The Morgan fingerprint density at radius 2 is 1.44 bits per heavy atom. The van der Waals surface area contributed by atoms with Gasteiger partial charge in [-0.15, -0.1) is 0 Å². The Bertz CT molecular complexity index is 1600. The lowest BCUT2D eigenvalue weighted by atomic mass is 10.0. The van der Waals surface area contributed by atoms with E-state index in [4.69, 9.17) is 4.98 Å². The van der Waals surface area contributed by atoms with Crippen molar-refractivity contribution in [3.05, 3.63) is 119 Å². The Morgan fingerprint density at radius 3 is 2.19 bits per heavy atom. The zero-order valence-electron chi connectivity index (χ0n) is 20.8. The lowest BCUT2D eigenvalue weighted by Crippen LogP contribution is -2.39. The van der Waals surface area contributed by atoms with Crippen molar-refractivity contribution in [1.82, 2.24) is 14.5 Å². The summed E-state index contributed by atoms with van der Waals surface area (Å²) in [4.78, 5) is 34.6. The van der Waals surface area contributed by atoms with Crippen molar-refractivity contribution in [3.8, 4) is 5.69 Å². The van der Waals surface area contributed by atoms with E-state index in [2.05, 4.69) is 13.8 Å². The summed E-state index contributed by atoms with van der Waals surface area (Å²) in [5.41, 5.74) is 1.86. The highest BCUT2D eigenvalue weighted by atomic mass is 16.2. The molecule has 0 aliphatic heterocycles. The van der Waals surface area contributed by atoms with Gasteiger partial charge in [0.25, 0.3) is 11.5 Å². The predicted molar refractivity (Wildman–Crippen MR) is 146 cm³/mol. The van der Waals surface area contributed by atoms with Crippen molar-refractivity contribution in [2.24, 2.45) is 5.92 Å². The lowest BCUT2D eigenvalue weighted by Gasteiger charge is -2.32. The van der Waals surface area contributed by atoms with Crippen LogP contribution in [0.25, 0.3) is 27.4 Å². The number of para-hydroxylation sites is 2. The molecule has 0 saturated heterocycles. The molecule has 5 heteroatoms. The maximum Gasteiger partial charge on any atom is 0.266 e. The van der Waals surface area contributed by atoms with Gasteiger partial charge < -0.3 is 4.90 Å². The van der Waals surface area contributed by atoms with Gasteiger partial charge in [-0.1, -0.05) is 80.6 Å². The van der Waals surface area contributed by atoms with E-state index in [9.17, 15) is 9.59 Å². The molecule has 1 unspecified atom stereocenters. The summed E-state index contributed by atoms with van der Waals surface area (Å²) in [5.74, 6) is 0.692. The molecule has 4 aromatic carbocycles. The van der Waals surface area contributed by atoms with Gasteiger partial charge in [0.05, 0.1) is 22.6 Å². The zero-order valence-corrected chi connectivity index (χ0v) is 20.8. The van der Waals surface area contributed by atoms with Crippen LogP contribution in [0.4, 0.5) is 0 Å². The van der Waals surface area contributed by atoms with Crippen LogP contribution in [0.2, 0.25) is 0 Å². The highest BCUT2D eigenvalue weighted by Gasteiger charge is 2.29. The van der Waals surface area contributed by atoms with E-state index in [-0.39, 0.29) is 17.4 Å². The van der Waals surface area contributed by atoms with Gasteiger partial charge in [0.1, 0.15) is 5.82 Å². The molecule has 0 aliphatic carbocycles. The standard InChI is InChI=1S/C31H29N3O2/c1-21(2)20-33(30(35)26-18-11-13-23-12-7-8-16-25(23)26)22(3)29-32-28-19-10-9-17-27(28)31(36)34(29)24-14-5-4-6-15-24/h4-19,21-22H,20H2,1-3H3. The van der Waals surface area contributed by atoms with Crippen LogP contribution in [0, 0.1) is 5.92 Å². The number of carbonyl (C=O) groups is 1. The molecule has 1 heterocycles. The largest absolute Gasteiger partial charge is 0.328 e. The van der Waals surface area contributed by atoms with Gasteiger partial charge in [-0.3, -0.25) is 14.2 Å². The molecule has 36 heavy (non-hydrogen) atoms. The fourth-order valence-corrected chi connectivity index (χ4v) is 4.77. The monoisotopic (exact) mass is 475 g/mol. The van der Waals surface area contributed by atoms with Gasteiger partial charge in [-0.25, -0.2) is 4.98 Å². The third-order valence-electron chi connectivity index (χ3n) is 6.50. The summed E-state index contributed by atoms with van der Waals surface area (Å²) >= 11 is 0. The number of nitrogens with zero attached hydrogens (tertiary/aromatic N) is 3. The fourth-order valence-electron chi connectivity index (χ4n) is 4.77. The number of rotatable bonds is 6. The normalized spacial score (nSPS) is 12.2. The number of hydrogen-bond donors (Lipinski definition) is 0. The van der Waals surface area contributed by atoms with Crippen LogP contribution in [0.3, 0.4) is 0 Å². The summed E-state index contributed by atoms with van der Waals surface area (Å²) < 4.78 is 1.65. The van der Waals surface area contributed by atoms with Crippen molar-refractivity contribution in [1.29, 1.82) is 0 Å². The summed E-state index contributed by atoms with van der Waals surface area (Å²) in [5, 5.41) is 2.48. The van der Waals surface area contributed by atoms with Gasteiger partial charge in [-0.2, -0.15) is 0 Å². The SMILES string of the molecule is CC(C)CN(C(=O)c1cccc2ccccc12)C(C)c1nc2ccccc2c(=O)n1-c1ccccc1. The van der Waals surface area contributed by atoms with Crippen LogP contribution >= 0.6 is 0 Å². The van der Waals surface area contributed by atoms with E-state index in [1.54, 1.807) is 10.6 Å². The summed E-state index contributed by atoms with van der Waals surface area (Å²) in [6, 6.07) is 30.2. The molecule has 0 fully saturated rings. The van der Waals surface area contributed by atoms with Gasteiger partial charge in [0.15, 0.2) is 0 Å². The van der Waals surface area contributed by atoms with Crippen molar-refractivity contribution in [2.75, 3.05) is 6.54 Å². The topological polar surface area (TPSA) is 55.2 Å². The van der Waals surface area contributed by atoms with E-state index < -0.39 is 6.04 Å². The first-order valence-corrected chi connectivity index (χ1v) is 12.3. The molecule has 5 aromatic rings. The van der Waals surface area contributed by atoms with Crippen LogP contribution in [0.1, 0.15) is 43.0 Å². The van der Waals surface area contributed by atoms with Crippen molar-refractivity contribution in [2.45, 2.75) is 26.8 Å². The molecule has 0 aliphatic rings. The predicted octanol–water partition coefficient (Wildman–Crippen LogP) is 6.40. The first-order valence-electron chi connectivity index (χ1n) is 12.3. The molecule has 5 nitrogen and oxygen atoms in total. The van der Waals surface area contributed by atoms with Gasteiger partial charge in [0.2, 0.25) is 0 Å². The van der Waals surface area contributed by atoms with Crippen molar-refractivity contribution < 1.29 is 4.79 Å². The van der Waals surface area contributed by atoms with Crippen molar-refractivity contribution >= 4 is 27.6 Å². The van der Waals surface area contributed by atoms with Crippen LogP contribution in [-0.2, 0) is 0 Å². The first kappa shape index (κ1) is 23.5. The minimum Gasteiger partial charge on any atom is -0.328 e. The molecule has 180 valence electrons. The lowest BCUT2D eigenvalue weighted by molar-refractivity contribution is 0.0657. The highest BCUT2D eigenvalue weighted by Crippen LogP contribution is 2.28. The fraction of sp³-hybridized carbons (Fsp3) is 0.194. The van der Waals surface area contributed by atoms with Crippen molar-refractivity contribution in [3.63, 3.8) is 0 Å². The molecular formula is C31H29N3O2. The maximum absolute atomic E-state index is 14.1. The third-order valence-corrected chi connectivity index (χ3v) is 6.50. The number of carbonyl (C=O) groups excluding carboxylic acids is 1. The molecule has 0 spiro atoms. The zero-order chi connectivity index (χ0) is 25.2. The molecule has 0 bridgehead atoms. The third kappa shape index (κ3) is 4.29. The Labute approximate surface area is 210 Å². The van der Waals surface area contributed by atoms with Crippen LogP contribution in [0.15, 0.2) is 102 Å². The van der Waals surface area contributed by atoms with E-state index >= 15 is 0 Å². The number of amides is 1. The number of benzene rings is 4. The molecule has 0 N–H and O–H groups in total. The Morgan fingerprint density at radius 1 is 0.806 bits per heavy atom. The molecule has 1 aromatic heterocycles. The minimum absolute atomic E-state index is 0.0741. The van der Waals surface area contributed by atoms with Crippen LogP contribution < -0.4 is 5.56 Å². The number of aromatic nitrogens is 2. The van der Waals surface area contributed by atoms with Gasteiger partial charge >= 0.3 is 0 Å². The van der Waals surface area contributed by atoms with E-state index in [1.807, 2.05) is 103 Å². The van der Waals surface area contributed by atoms with E-state index in [1.165, 1.54) is 0 Å². The average Bonchev–Trinajstić information content (AvgIpc) is 2.91. The average molecular weight is 476 g/mol. The molecule has 1 atom stereocenters. The maximum atomic E-state index is 14.1. The van der Waals surface area contributed by atoms with E-state index in [0.29, 0.717) is 28.8 Å². The smallest absolute Gasteiger partial charge is 0.266 e. The Hall–Kier alpha value is -4.25. The van der Waals surface area contributed by atoms with E-state index in [0.717, 1.165) is 16.5 Å². The Kier molecular flexibility index (Phi) is 6.38. The highest BCUT2D eigenvalue weighted by molar-refractivity contribution is 6.07. The number of hydrogen-bond acceptors (Lipinski definition) is 3. The second kappa shape index (κ2) is 9.78. The van der Waals surface area contributed by atoms with Crippen LogP contribution in [-0.4, -0.2) is 26.9 Å². The summed E-state index contributed by atoms with van der Waals surface area (Å²) in [6.07, 6.45) is 0. The van der Waals surface area contributed by atoms with Crippen LogP contribution in [0.5, 0.6) is 0 Å². The minimum atomic E-state index is -0.448. The summed E-state index contributed by atoms with van der Waals surface area (Å²) in [6.45, 7) is 6.67. The molecule has 1 amide bonds. The first-order chi connectivity index (χ1) is 17.5. The molecule has 0 radical (unpaired) electrons. The second-order valence-electron chi connectivity index (χ2n) is 9.52. The second-order valence-corrected chi connectivity index (χ2v) is 9.52. The number of fused-ring (bicyclic) bond motifs is 2. The molecule has 0 saturated carbocycles. The molecular weight excluding hydrogens is 446 g/mol. The quantitative estimate of drug-likeness (QED) is 0.286. The summed E-state index contributed by atoms with van der Waals surface area (Å²) in [7, 11) is 0. The molecule has 5 rings (SSSR count). The van der Waals surface area contributed by atoms with Gasteiger partial charge in [0, 0.05) is 12.1 Å². The van der Waals surface area contributed by atoms with Gasteiger partial charge in [-0.05, 0) is 53.9 Å².